The van der Waals surface area contributed by atoms with E-state index in [1.807, 2.05) is 0 Å². The molecule has 0 unspecified atom stereocenters. The van der Waals surface area contributed by atoms with Crippen LogP contribution in [0, 0.1) is 0 Å². The van der Waals surface area contributed by atoms with Gasteiger partial charge in [0.1, 0.15) is 25.4 Å². The van der Waals surface area contributed by atoms with Crippen LogP contribution in [0.1, 0.15) is 0 Å². The number of ether oxygens (including phenoxy) is 2. The summed E-state index contributed by atoms with van der Waals surface area (Å²) in [7, 11) is 1.45. The van der Waals surface area contributed by atoms with Crippen molar-refractivity contribution < 1.29 is 28.7 Å². The summed E-state index contributed by atoms with van der Waals surface area (Å²) >= 11 is 5.75. The van der Waals surface area contributed by atoms with Crippen molar-refractivity contribution in [1.82, 2.24) is 15.1 Å². The topological polar surface area (TPSA) is 105 Å². The molecule has 1 aliphatic heterocycles. The predicted molar refractivity (Wildman–Crippen MR) is 90.7 cm³/mol. The Bertz CT molecular complexity index is 694. The van der Waals surface area contributed by atoms with E-state index < -0.39 is 37.0 Å². The molecule has 1 aromatic carbocycles. The van der Waals surface area contributed by atoms with Crippen molar-refractivity contribution in [2.45, 2.75) is 0 Å². The van der Waals surface area contributed by atoms with Gasteiger partial charge in [0.25, 0.3) is 11.8 Å². The molecule has 1 N–H and O–H groups in total. The van der Waals surface area contributed by atoms with E-state index in [0.717, 1.165) is 4.90 Å². The fraction of sp³-hybridized carbons (Fsp3) is 0.375. The van der Waals surface area contributed by atoms with Gasteiger partial charge in [-0.1, -0.05) is 11.6 Å². The van der Waals surface area contributed by atoms with Gasteiger partial charge in [-0.05, 0) is 24.3 Å². The van der Waals surface area contributed by atoms with Gasteiger partial charge < -0.3 is 19.7 Å². The maximum absolute atomic E-state index is 11.6. The van der Waals surface area contributed by atoms with Gasteiger partial charge in [0.05, 0.1) is 6.54 Å². The van der Waals surface area contributed by atoms with Crippen LogP contribution < -0.4 is 10.1 Å². The lowest BCUT2D eigenvalue weighted by Gasteiger charge is -2.13. The summed E-state index contributed by atoms with van der Waals surface area (Å²) in [5, 5.41) is 3.11. The molecule has 1 fully saturated rings. The Morgan fingerprint density at radius 2 is 1.92 bits per heavy atom. The minimum absolute atomic E-state index is 0.0831. The molecular weight excluding hydrogens is 366 g/mol. The molecule has 1 aliphatic rings. The van der Waals surface area contributed by atoms with Crippen molar-refractivity contribution in [3.8, 4) is 5.75 Å². The predicted octanol–water partition coefficient (Wildman–Crippen LogP) is 0.272. The molecule has 0 bridgehead atoms. The summed E-state index contributed by atoms with van der Waals surface area (Å²) in [6.45, 7) is -0.668. The summed E-state index contributed by atoms with van der Waals surface area (Å²) in [5.41, 5.74) is 0. The number of hydrogen-bond acceptors (Lipinski definition) is 6. The molecule has 0 saturated carbocycles. The van der Waals surface area contributed by atoms with Crippen LogP contribution in [0.15, 0.2) is 24.3 Å². The molecule has 10 heteroatoms. The lowest BCUT2D eigenvalue weighted by atomic mass is 10.3. The van der Waals surface area contributed by atoms with Gasteiger partial charge in [-0.2, -0.15) is 0 Å². The van der Waals surface area contributed by atoms with Crippen LogP contribution in [-0.4, -0.2) is 73.5 Å². The third-order valence-corrected chi connectivity index (χ3v) is 3.64. The Balaban J connectivity index is 1.61. The van der Waals surface area contributed by atoms with Crippen LogP contribution in [0.4, 0.5) is 4.79 Å². The zero-order valence-electron chi connectivity index (χ0n) is 14.1. The van der Waals surface area contributed by atoms with E-state index in [2.05, 4.69) is 5.32 Å². The molecule has 0 radical (unpaired) electrons. The van der Waals surface area contributed by atoms with Crippen molar-refractivity contribution in [2.75, 3.05) is 39.9 Å². The second kappa shape index (κ2) is 9.04. The number of carbonyl (C=O) groups excluding carboxylic acids is 4. The highest BCUT2D eigenvalue weighted by atomic mass is 35.5. The van der Waals surface area contributed by atoms with Gasteiger partial charge >= 0.3 is 12.0 Å². The first-order valence-electron chi connectivity index (χ1n) is 7.73. The quantitative estimate of drug-likeness (QED) is 0.392. The second-order valence-electron chi connectivity index (χ2n) is 5.43. The molecule has 1 aromatic rings. The number of hydrogen-bond donors (Lipinski definition) is 1. The zero-order valence-corrected chi connectivity index (χ0v) is 14.8. The highest BCUT2D eigenvalue weighted by Gasteiger charge is 2.35. The van der Waals surface area contributed by atoms with Crippen molar-refractivity contribution in [3.63, 3.8) is 0 Å². The Morgan fingerprint density at radius 1 is 1.23 bits per heavy atom. The fourth-order valence-corrected chi connectivity index (χ4v) is 2.21. The Hall–Kier alpha value is -2.81. The van der Waals surface area contributed by atoms with Crippen LogP contribution in [0.25, 0.3) is 0 Å². The zero-order chi connectivity index (χ0) is 19.1. The van der Waals surface area contributed by atoms with Crippen LogP contribution in [0.2, 0.25) is 5.02 Å². The van der Waals surface area contributed by atoms with Crippen LogP contribution >= 0.6 is 11.6 Å². The standard InChI is InChI=1S/C16H18ClN3O6/c1-19-8-14(22)20(16(19)24)9-15(23)26-10-13(21)18-6-7-25-12-4-2-11(17)3-5-12/h2-5H,6-10H2,1H3,(H,18,21). The van der Waals surface area contributed by atoms with Crippen LogP contribution in [0.5, 0.6) is 5.75 Å². The molecule has 26 heavy (non-hydrogen) atoms. The summed E-state index contributed by atoms with van der Waals surface area (Å²) in [6.07, 6.45) is 0. The molecule has 140 valence electrons. The van der Waals surface area contributed by atoms with Crippen molar-refractivity contribution in [3.05, 3.63) is 29.3 Å². The molecule has 0 aliphatic carbocycles. The number of benzene rings is 1. The SMILES string of the molecule is CN1CC(=O)N(CC(=O)OCC(=O)NCCOc2ccc(Cl)cc2)C1=O. The van der Waals surface area contributed by atoms with Gasteiger partial charge in [-0.3, -0.25) is 19.3 Å². The van der Waals surface area contributed by atoms with E-state index in [1.54, 1.807) is 24.3 Å². The highest BCUT2D eigenvalue weighted by molar-refractivity contribution is 6.30. The Kier molecular flexibility index (Phi) is 6.79. The van der Waals surface area contributed by atoms with E-state index in [9.17, 15) is 19.2 Å². The summed E-state index contributed by atoms with van der Waals surface area (Å²) in [4.78, 5) is 48.4. The van der Waals surface area contributed by atoms with Gasteiger partial charge in [-0.25, -0.2) is 4.79 Å². The number of nitrogens with zero attached hydrogens (tertiary/aromatic N) is 2. The van der Waals surface area contributed by atoms with Gasteiger partial charge in [0, 0.05) is 12.1 Å². The molecule has 0 spiro atoms. The van der Waals surface area contributed by atoms with Crippen molar-refractivity contribution >= 4 is 35.4 Å². The van der Waals surface area contributed by atoms with Gasteiger partial charge in [-0.15, -0.1) is 0 Å². The molecule has 1 saturated heterocycles. The molecule has 2 rings (SSSR count). The second-order valence-corrected chi connectivity index (χ2v) is 5.87. The maximum atomic E-state index is 11.6. The van der Waals surface area contributed by atoms with E-state index >= 15 is 0 Å². The number of amides is 4. The minimum atomic E-state index is -0.838. The molecule has 4 amide bonds. The first-order chi connectivity index (χ1) is 12.4. The molecule has 1 heterocycles. The van der Waals surface area contributed by atoms with Gasteiger partial charge in [0.2, 0.25) is 0 Å². The number of halogens is 1. The first kappa shape index (κ1) is 19.5. The normalized spacial score (nSPS) is 13.8. The Morgan fingerprint density at radius 3 is 2.54 bits per heavy atom. The van der Waals surface area contributed by atoms with E-state index in [1.165, 1.54) is 11.9 Å². The summed E-state index contributed by atoms with van der Waals surface area (Å²) < 4.78 is 10.1. The number of carbonyl (C=O) groups is 4. The number of esters is 1. The smallest absolute Gasteiger partial charge is 0.327 e. The maximum Gasteiger partial charge on any atom is 0.327 e. The highest BCUT2D eigenvalue weighted by Crippen LogP contribution is 2.15. The van der Waals surface area contributed by atoms with Crippen molar-refractivity contribution in [2.24, 2.45) is 0 Å². The molecular formula is C16H18ClN3O6. The third-order valence-electron chi connectivity index (χ3n) is 3.39. The number of likely N-dealkylation sites (N-methyl/N-ethyl adjacent to an activating group) is 1. The van der Waals surface area contributed by atoms with Crippen LogP contribution in [0.3, 0.4) is 0 Å². The average Bonchev–Trinajstić information content (AvgIpc) is 2.84. The van der Waals surface area contributed by atoms with E-state index in [4.69, 9.17) is 21.1 Å². The number of nitrogens with one attached hydrogen (secondary N) is 1. The largest absolute Gasteiger partial charge is 0.492 e. The number of rotatable bonds is 8. The van der Waals surface area contributed by atoms with Crippen LogP contribution in [-0.2, 0) is 19.1 Å². The summed E-state index contributed by atoms with van der Waals surface area (Å²) in [6, 6.07) is 6.19. The summed E-state index contributed by atoms with van der Waals surface area (Å²) in [5.74, 6) is -1.23. The monoisotopic (exact) mass is 383 g/mol. The first-order valence-corrected chi connectivity index (χ1v) is 8.11. The molecule has 0 aromatic heterocycles. The van der Waals surface area contributed by atoms with E-state index in [0.29, 0.717) is 10.8 Å². The molecule has 0 atom stereocenters. The lowest BCUT2D eigenvalue weighted by Crippen LogP contribution is -2.38. The number of urea groups is 1. The minimum Gasteiger partial charge on any atom is -0.492 e. The molecule has 9 nitrogen and oxygen atoms in total. The third kappa shape index (κ3) is 5.62. The van der Waals surface area contributed by atoms with Gasteiger partial charge in [0.15, 0.2) is 6.61 Å². The fourth-order valence-electron chi connectivity index (χ4n) is 2.09. The van der Waals surface area contributed by atoms with E-state index in [-0.39, 0.29) is 19.7 Å². The Labute approximate surface area is 154 Å². The average molecular weight is 384 g/mol. The lowest BCUT2D eigenvalue weighted by molar-refractivity contribution is -0.150. The number of imide groups is 1. The van der Waals surface area contributed by atoms with Crippen molar-refractivity contribution in [1.29, 1.82) is 0 Å².